The molecule has 5 nitrogen and oxygen atoms in total. The summed E-state index contributed by atoms with van der Waals surface area (Å²) in [5.41, 5.74) is -0.542. The van der Waals surface area contributed by atoms with Gasteiger partial charge in [-0.3, -0.25) is 4.79 Å². The van der Waals surface area contributed by atoms with Crippen molar-refractivity contribution in [1.29, 1.82) is 0 Å². The predicted octanol–water partition coefficient (Wildman–Crippen LogP) is 1.82. The van der Waals surface area contributed by atoms with Gasteiger partial charge in [-0.15, -0.1) is 6.42 Å². The first-order valence-corrected chi connectivity index (χ1v) is 7.04. The standard InChI is InChI=1S/C15H24N2O3/c1-5-10-16-13(18)11-8-6-7-9-12(11)17-14(19)20-15(2,3)4/h1,11-12H,6-10H2,2-4H3,(H,16,18)(H,17,19)/t11-,12-/m1/s1. The van der Waals surface area contributed by atoms with Crippen LogP contribution < -0.4 is 10.6 Å². The summed E-state index contributed by atoms with van der Waals surface area (Å²) in [6, 6.07) is -0.184. The Morgan fingerprint density at radius 2 is 1.95 bits per heavy atom. The summed E-state index contributed by atoms with van der Waals surface area (Å²) in [6.07, 6.45) is 8.20. The lowest BCUT2D eigenvalue weighted by Crippen LogP contribution is -2.49. The summed E-state index contributed by atoms with van der Waals surface area (Å²) >= 11 is 0. The maximum absolute atomic E-state index is 12.0. The van der Waals surface area contributed by atoms with Crippen LogP contribution in [0.5, 0.6) is 0 Å². The molecule has 2 amide bonds. The van der Waals surface area contributed by atoms with Crippen LogP contribution in [-0.4, -0.2) is 30.2 Å². The van der Waals surface area contributed by atoms with Crippen molar-refractivity contribution in [3.8, 4) is 12.3 Å². The van der Waals surface area contributed by atoms with Gasteiger partial charge < -0.3 is 15.4 Å². The van der Waals surface area contributed by atoms with E-state index in [2.05, 4.69) is 16.6 Å². The Balaban J connectivity index is 2.58. The van der Waals surface area contributed by atoms with Gasteiger partial charge in [0, 0.05) is 6.04 Å². The number of nitrogens with one attached hydrogen (secondary N) is 2. The van der Waals surface area contributed by atoms with Crippen LogP contribution in [0.3, 0.4) is 0 Å². The molecule has 0 aromatic heterocycles. The highest BCUT2D eigenvalue weighted by atomic mass is 16.6. The first kappa shape index (κ1) is 16.4. The fourth-order valence-electron chi connectivity index (χ4n) is 2.35. The minimum atomic E-state index is -0.542. The van der Waals surface area contributed by atoms with Crippen molar-refractivity contribution in [1.82, 2.24) is 10.6 Å². The minimum Gasteiger partial charge on any atom is -0.444 e. The molecule has 5 heteroatoms. The fraction of sp³-hybridized carbons (Fsp3) is 0.733. The van der Waals surface area contributed by atoms with Crippen molar-refractivity contribution in [3.05, 3.63) is 0 Å². The molecule has 1 fully saturated rings. The van der Waals surface area contributed by atoms with Crippen molar-refractivity contribution in [2.24, 2.45) is 5.92 Å². The van der Waals surface area contributed by atoms with E-state index >= 15 is 0 Å². The van der Waals surface area contributed by atoms with Crippen LogP contribution in [0.25, 0.3) is 0 Å². The molecule has 0 unspecified atom stereocenters. The Hall–Kier alpha value is -1.70. The van der Waals surface area contributed by atoms with Crippen molar-refractivity contribution >= 4 is 12.0 Å². The molecule has 1 aliphatic carbocycles. The molecule has 0 radical (unpaired) electrons. The highest BCUT2D eigenvalue weighted by Gasteiger charge is 2.32. The Morgan fingerprint density at radius 3 is 2.55 bits per heavy atom. The third kappa shape index (κ3) is 5.52. The molecule has 0 aromatic rings. The van der Waals surface area contributed by atoms with Crippen molar-refractivity contribution in [3.63, 3.8) is 0 Å². The fourth-order valence-corrected chi connectivity index (χ4v) is 2.35. The molecule has 0 aliphatic heterocycles. The molecule has 0 aromatic carbocycles. The number of rotatable bonds is 3. The zero-order valence-corrected chi connectivity index (χ0v) is 12.5. The first-order valence-electron chi connectivity index (χ1n) is 7.04. The van der Waals surface area contributed by atoms with Crippen LogP contribution in [0.4, 0.5) is 4.79 Å². The summed E-state index contributed by atoms with van der Waals surface area (Å²) in [6.45, 7) is 5.65. The van der Waals surface area contributed by atoms with E-state index < -0.39 is 11.7 Å². The van der Waals surface area contributed by atoms with E-state index in [9.17, 15) is 9.59 Å². The SMILES string of the molecule is C#CCNC(=O)[C@@H]1CCCC[C@H]1NC(=O)OC(C)(C)C. The second kappa shape index (κ2) is 7.18. The first-order chi connectivity index (χ1) is 9.33. The number of ether oxygens (including phenoxy) is 1. The number of alkyl carbamates (subject to hydrolysis) is 1. The third-order valence-electron chi connectivity index (χ3n) is 3.17. The van der Waals surface area contributed by atoms with Crippen LogP contribution in [0.1, 0.15) is 46.5 Å². The van der Waals surface area contributed by atoms with E-state index in [0.717, 1.165) is 25.7 Å². The van der Waals surface area contributed by atoms with Gasteiger partial charge in [0.2, 0.25) is 5.91 Å². The Morgan fingerprint density at radius 1 is 1.30 bits per heavy atom. The molecular weight excluding hydrogens is 256 g/mol. The van der Waals surface area contributed by atoms with E-state index in [1.54, 1.807) is 0 Å². The molecule has 1 rings (SSSR count). The molecule has 1 saturated carbocycles. The van der Waals surface area contributed by atoms with Crippen molar-refractivity contribution in [2.75, 3.05) is 6.54 Å². The lowest BCUT2D eigenvalue weighted by Gasteiger charge is -2.31. The molecule has 1 aliphatic rings. The molecular formula is C15H24N2O3. The largest absolute Gasteiger partial charge is 0.444 e. The van der Waals surface area contributed by atoms with E-state index in [1.807, 2.05) is 20.8 Å². The van der Waals surface area contributed by atoms with E-state index in [1.165, 1.54) is 0 Å². The van der Waals surface area contributed by atoms with Crippen LogP contribution in [-0.2, 0) is 9.53 Å². The maximum atomic E-state index is 12.0. The van der Waals surface area contributed by atoms with Gasteiger partial charge in [-0.05, 0) is 33.6 Å². The summed E-state index contributed by atoms with van der Waals surface area (Å²) < 4.78 is 5.24. The highest BCUT2D eigenvalue weighted by Crippen LogP contribution is 2.25. The Kier molecular flexibility index (Phi) is 5.87. The van der Waals surface area contributed by atoms with E-state index in [4.69, 9.17) is 11.2 Å². The van der Waals surface area contributed by atoms with Gasteiger partial charge in [-0.2, -0.15) is 0 Å². The molecule has 0 bridgehead atoms. The van der Waals surface area contributed by atoms with Crippen LogP contribution >= 0.6 is 0 Å². The number of hydrogen-bond donors (Lipinski definition) is 2. The third-order valence-corrected chi connectivity index (χ3v) is 3.17. The second-order valence-electron chi connectivity index (χ2n) is 6.07. The lowest BCUT2D eigenvalue weighted by atomic mass is 9.84. The van der Waals surface area contributed by atoms with Gasteiger partial charge in [0.15, 0.2) is 0 Å². The molecule has 20 heavy (non-hydrogen) atoms. The molecule has 112 valence electrons. The van der Waals surface area contributed by atoms with Gasteiger partial charge in [0.1, 0.15) is 5.60 Å². The molecule has 0 spiro atoms. The summed E-state index contributed by atoms with van der Waals surface area (Å²) in [5, 5.41) is 5.50. The van der Waals surface area contributed by atoms with Crippen LogP contribution in [0, 0.1) is 18.3 Å². The minimum absolute atomic E-state index is 0.0938. The number of carbonyl (C=O) groups excluding carboxylic acids is 2. The average Bonchev–Trinajstić information content (AvgIpc) is 2.34. The topological polar surface area (TPSA) is 67.4 Å². The Labute approximate surface area is 120 Å². The molecule has 0 saturated heterocycles. The predicted molar refractivity (Wildman–Crippen MR) is 77.0 cm³/mol. The average molecular weight is 280 g/mol. The maximum Gasteiger partial charge on any atom is 0.407 e. The summed E-state index contributed by atoms with van der Waals surface area (Å²) in [4.78, 5) is 23.8. The van der Waals surface area contributed by atoms with Crippen molar-refractivity contribution in [2.45, 2.75) is 58.1 Å². The highest BCUT2D eigenvalue weighted by molar-refractivity contribution is 5.80. The zero-order chi connectivity index (χ0) is 15.2. The molecule has 2 atom stereocenters. The Bertz CT molecular complexity index is 393. The number of amides is 2. The van der Waals surface area contributed by atoms with Crippen LogP contribution in [0.15, 0.2) is 0 Å². The van der Waals surface area contributed by atoms with Gasteiger partial charge in [-0.1, -0.05) is 18.8 Å². The van der Waals surface area contributed by atoms with Gasteiger partial charge in [0.25, 0.3) is 0 Å². The summed E-state index contributed by atoms with van der Waals surface area (Å²) in [5.74, 6) is 2.05. The van der Waals surface area contributed by atoms with Gasteiger partial charge in [-0.25, -0.2) is 4.79 Å². The zero-order valence-electron chi connectivity index (χ0n) is 12.5. The number of hydrogen-bond acceptors (Lipinski definition) is 3. The van der Waals surface area contributed by atoms with Crippen LogP contribution in [0.2, 0.25) is 0 Å². The van der Waals surface area contributed by atoms with Crippen molar-refractivity contribution < 1.29 is 14.3 Å². The number of carbonyl (C=O) groups is 2. The quantitative estimate of drug-likeness (QED) is 0.775. The molecule has 2 N–H and O–H groups in total. The van der Waals surface area contributed by atoms with Gasteiger partial charge >= 0.3 is 6.09 Å². The molecule has 0 heterocycles. The van der Waals surface area contributed by atoms with E-state index in [-0.39, 0.29) is 24.4 Å². The van der Waals surface area contributed by atoms with E-state index in [0.29, 0.717) is 0 Å². The summed E-state index contributed by atoms with van der Waals surface area (Å²) in [7, 11) is 0. The second-order valence-corrected chi connectivity index (χ2v) is 6.07. The number of terminal acetylenes is 1. The lowest BCUT2D eigenvalue weighted by molar-refractivity contribution is -0.126. The monoisotopic (exact) mass is 280 g/mol. The smallest absolute Gasteiger partial charge is 0.407 e. The van der Waals surface area contributed by atoms with Gasteiger partial charge in [0.05, 0.1) is 12.5 Å². The normalized spacial score (nSPS) is 22.5.